The largest absolute Gasteiger partial charge is 0.382 e. The van der Waals surface area contributed by atoms with E-state index in [1.807, 2.05) is 0 Å². The Hall–Kier alpha value is -0.120. The van der Waals surface area contributed by atoms with Crippen molar-refractivity contribution in [2.75, 3.05) is 33.5 Å². The maximum Gasteiger partial charge on any atom is 0.0701 e. The highest BCUT2D eigenvalue weighted by Crippen LogP contribution is 2.30. The zero-order chi connectivity index (χ0) is 11.6. The van der Waals surface area contributed by atoms with Gasteiger partial charge in [-0.2, -0.15) is 0 Å². The van der Waals surface area contributed by atoms with Gasteiger partial charge < -0.3 is 14.8 Å². The molecule has 1 rings (SSSR count). The Balaban J connectivity index is 2.09. The van der Waals surface area contributed by atoms with Crippen molar-refractivity contribution in [3.05, 3.63) is 0 Å². The molecule has 3 heteroatoms. The fraction of sp³-hybridized carbons (Fsp3) is 1.00. The number of hydrogen-bond acceptors (Lipinski definition) is 3. The van der Waals surface area contributed by atoms with Crippen LogP contribution in [0.25, 0.3) is 0 Å². The monoisotopic (exact) mass is 229 g/mol. The average Bonchev–Trinajstić information content (AvgIpc) is 2.24. The fourth-order valence-corrected chi connectivity index (χ4v) is 2.06. The van der Waals surface area contributed by atoms with E-state index >= 15 is 0 Å². The number of rotatable bonds is 10. The van der Waals surface area contributed by atoms with Crippen LogP contribution < -0.4 is 5.32 Å². The molecule has 0 saturated heterocycles. The smallest absolute Gasteiger partial charge is 0.0701 e. The average molecular weight is 229 g/mol. The zero-order valence-electron chi connectivity index (χ0n) is 10.8. The second kappa shape index (κ2) is 8.97. The van der Waals surface area contributed by atoms with Crippen molar-refractivity contribution < 1.29 is 9.47 Å². The number of hydrogen-bond donors (Lipinski definition) is 1. The number of nitrogens with one attached hydrogen (secondary N) is 1. The Bertz CT molecular complexity index is 160. The van der Waals surface area contributed by atoms with Crippen molar-refractivity contribution in [1.82, 2.24) is 5.32 Å². The van der Waals surface area contributed by atoms with Gasteiger partial charge in [-0.15, -0.1) is 0 Å². The summed E-state index contributed by atoms with van der Waals surface area (Å²) in [5.74, 6) is 0.945. The maximum atomic E-state index is 5.62. The molecule has 1 aliphatic rings. The summed E-state index contributed by atoms with van der Waals surface area (Å²) in [4.78, 5) is 0. The van der Waals surface area contributed by atoms with Gasteiger partial charge in [0.25, 0.3) is 0 Å². The van der Waals surface area contributed by atoms with E-state index in [4.69, 9.17) is 9.47 Å². The van der Waals surface area contributed by atoms with Gasteiger partial charge in [-0.1, -0.05) is 26.2 Å². The van der Waals surface area contributed by atoms with Crippen LogP contribution in [0.15, 0.2) is 0 Å². The predicted octanol–water partition coefficient (Wildman–Crippen LogP) is 2.21. The van der Waals surface area contributed by atoms with Crippen LogP contribution in [-0.4, -0.2) is 39.5 Å². The van der Waals surface area contributed by atoms with E-state index in [2.05, 4.69) is 12.2 Å². The molecule has 0 heterocycles. The summed E-state index contributed by atoms with van der Waals surface area (Å²) in [6, 6.07) is 0.544. The van der Waals surface area contributed by atoms with Crippen LogP contribution in [0.1, 0.15) is 39.0 Å². The van der Waals surface area contributed by atoms with Gasteiger partial charge in [0.2, 0.25) is 0 Å². The summed E-state index contributed by atoms with van der Waals surface area (Å²) in [5.41, 5.74) is 0. The van der Waals surface area contributed by atoms with Gasteiger partial charge in [-0.05, 0) is 25.3 Å². The Morgan fingerprint density at radius 2 is 2.12 bits per heavy atom. The van der Waals surface area contributed by atoms with Crippen molar-refractivity contribution in [3.63, 3.8) is 0 Å². The first-order chi connectivity index (χ1) is 7.86. The number of methoxy groups -OCH3 is 1. The van der Waals surface area contributed by atoms with Crippen molar-refractivity contribution in [2.45, 2.75) is 45.1 Å². The summed E-state index contributed by atoms with van der Waals surface area (Å²) in [6.07, 6.45) is 6.74. The first-order valence-electron chi connectivity index (χ1n) is 6.66. The summed E-state index contributed by atoms with van der Waals surface area (Å²) in [7, 11) is 1.71. The fourth-order valence-electron chi connectivity index (χ4n) is 2.06. The number of ether oxygens (including phenoxy) is 2. The van der Waals surface area contributed by atoms with E-state index in [9.17, 15) is 0 Å². The van der Waals surface area contributed by atoms with E-state index < -0.39 is 0 Å². The lowest BCUT2D eigenvalue weighted by Crippen LogP contribution is -2.37. The molecule has 0 aromatic rings. The molecule has 0 amide bonds. The molecule has 1 unspecified atom stereocenters. The van der Waals surface area contributed by atoms with E-state index in [0.29, 0.717) is 19.3 Å². The third-order valence-corrected chi connectivity index (χ3v) is 3.28. The van der Waals surface area contributed by atoms with Gasteiger partial charge in [0, 0.05) is 13.2 Å². The lowest BCUT2D eigenvalue weighted by Gasteiger charge is -2.30. The molecule has 0 spiro atoms. The molecule has 1 saturated carbocycles. The molecule has 1 aliphatic carbocycles. The van der Waals surface area contributed by atoms with Crippen molar-refractivity contribution >= 4 is 0 Å². The van der Waals surface area contributed by atoms with Crippen LogP contribution in [0, 0.1) is 5.92 Å². The molecule has 16 heavy (non-hydrogen) atoms. The van der Waals surface area contributed by atoms with Crippen LogP contribution in [-0.2, 0) is 9.47 Å². The normalized spacial score (nSPS) is 18.4. The predicted molar refractivity (Wildman–Crippen MR) is 66.7 cm³/mol. The topological polar surface area (TPSA) is 30.5 Å². The maximum absolute atomic E-state index is 5.62. The van der Waals surface area contributed by atoms with Crippen molar-refractivity contribution in [2.24, 2.45) is 5.92 Å². The molecule has 3 nitrogen and oxygen atoms in total. The third kappa shape index (κ3) is 5.83. The van der Waals surface area contributed by atoms with E-state index in [1.165, 1.54) is 32.1 Å². The molecule has 1 atom stereocenters. The summed E-state index contributed by atoms with van der Waals surface area (Å²) in [6.45, 7) is 5.56. The molecule has 96 valence electrons. The Morgan fingerprint density at radius 1 is 1.31 bits per heavy atom. The third-order valence-electron chi connectivity index (χ3n) is 3.28. The Kier molecular flexibility index (Phi) is 7.81. The zero-order valence-corrected chi connectivity index (χ0v) is 10.8. The Labute approximate surface area is 99.9 Å². The molecule has 0 aromatic heterocycles. The lowest BCUT2D eigenvalue weighted by molar-refractivity contribution is 0.0522. The minimum atomic E-state index is 0.544. The second-order valence-corrected chi connectivity index (χ2v) is 4.75. The minimum absolute atomic E-state index is 0.544. The van der Waals surface area contributed by atoms with E-state index in [-0.39, 0.29) is 0 Å². The van der Waals surface area contributed by atoms with Crippen molar-refractivity contribution in [3.8, 4) is 0 Å². The van der Waals surface area contributed by atoms with Gasteiger partial charge in [-0.25, -0.2) is 0 Å². The first-order valence-corrected chi connectivity index (χ1v) is 6.66. The van der Waals surface area contributed by atoms with Crippen LogP contribution in [0.3, 0.4) is 0 Å². The summed E-state index contributed by atoms with van der Waals surface area (Å²) < 4.78 is 10.6. The standard InChI is InChI=1S/C13H27NO2/c1-3-7-14-13(10-12-5-4-6-12)11-16-9-8-15-2/h12-14H,3-11H2,1-2H3. The molecule has 0 bridgehead atoms. The highest BCUT2D eigenvalue weighted by Gasteiger charge is 2.21. The van der Waals surface area contributed by atoms with E-state index in [0.717, 1.165) is 19.1 Å². The van der Waals surface area contributed by atoms with Gasteiger partial charge >= 0.3 is 0 Å². The van der Waals surface area contributed by atoms with Gasteiger partial charge in [0.05, 0.1) is 19.8 Å². The molecule has 0 aromatic carbocycles. The first kappa shape index (κ1) is 13.9. The Morgan fingerprint density at radius 3 is 2.69 bits per heavy atom. The molecule has 1 fully saturated rings. The molecular formula is C13H27NO2. The summed E-state index contributed by atoms with van der Waals surface area (Å²) >= 11 is 0. The van der Waals surface area contributed by atoms with Gasteiger partial charge in [-0.3, -0.25) is 0 Å². The van der Waals surface area contributed by atoms with Crippen molar-refractivity contribution in [1.29, 1.82) is 0 Å². The van der Waals surface area contributed by atoms with Crippen LogP contribution in [0.2, 0.25) is 0 Å². The minimum Gasteiger partial charge on any atom is -0.382 e. The van der Waals surface area contributed by atoms with Gasteiger partial charge in [0.1, 0.15) is 0 Å². The molecule has 1 N–H and O–H groups in total. The molecule has 0 radical (unpaired) electrons. The SMILES string of the molecule is CCCNC(COCCOC)CC1CCC1. The highest BCUT2D eigenvalue weighted by atomic mass is 16.5. The molecular weight excluding hydrogens is 202 g/mol. The quantitative estimate of drug-likeness (QED) is 0.583. The van der Waals surface area contributed by atoms with E-state index in [1.54, 1.807) is 7.11 Å². The van der Waals surface area contributed by atoms with Crippen LogP contribution in [0.4, 0.5) is 0 Å². The van der Waals surface area contributed by atoms with Gasteiger partial charge in [0.15, 0.2) is 0 Å². The molecule has 0 aliphatic heterocycles. The van der Waals surface area contributed by atoms with Crippen LogP contribution >= 0.6 is 0 Å². The second-order valence-electron chi connectivity index (χ2n) is 4.75. The summed E-state index contributed by atoms with van der Waals surface area (Å²) in [5, 5.41) is 3.58. The van der Waals surface area contributed by atoms with Crippen LogP contribution in [0.5, 0.6) is 0 Å². The highest BCUT2D eigenvalue weighted by molar-refractivity contribution is 4.77. The lowest BCUT2D eigenvalue weighted by atomic mass is 9.81.